The van der Waals surface area contributed by atoms with Gasteiger partial charge in [0.25, 0.3) is 0 Å². The lowest BCUT2D eigenvalue weighted by atomic mass is 9.84. The first-order valence-electron chi connectivity index (χ1n) is 6.28. The summed E-state index contributed by atoms with van der Waals surface area (Å²) in [7, 11) is 0. The Morgan fingerprint density at radius 2 is 1.88 bits per heavy atom. The smallest absolute Gasteiger partial charge is 0.0383 e. The molecule has 0 spiro atoms. The monoisotopic (exact) mass is 219 g/mol. The first-order valence-corrected chi connectivity index (χ1v) is 6.28. The molecular formula is C15H25N. The molecule has 1 atom stereocenters. The molecule has 0 saturated carbocycles. The van der Waals surface area contributed by atoms with Crippen LogP contribution < -0.4 is 5.73 Å². The minimum absolute atomic E-state index is 0.180. The van der Waals surface area contributed by atoms with Crippen LogP contribution in [0.5, 0.6) is 0 Å². The van der Waals surface area contributed by atoms with E-state index in [1.807, 2.05) is 0 Å². The van der Waals surface area contributed by atoms with E-state index in [9.17, 15) is 0 Å². The van der Waals surface area contributed by atoms with E-state index in [0.29, 0.717) is 0 Å². The summed E-state index contributed by atoms with van der Waals surface area (Å²) < 4.78 is 0. The van der Waals surface area contributed by atoms with Crippen molar-refractivity contribution in [3.05, 3.63) is 35.4 Å². The van der Waals surface area contributed by atoms with E-state index in [0.717, 1.165) is 12.3 Å². The van der Waals surface area contributed by atoms with Crippen molar-refractivity contribution in [1.82, 2.24) is 0 Å². The fraction of sp³-hybridized carbons (Fsp3) is 0.600. The van der Waals surface area contributed by atoms with Gasteiger partial charge in [0.2, 0.25) is 0 Å². The van der Waals surface area contributed by atoms with E-state index in [-0.39, 0.29) is 5.54 Å². The highest BCUT2D eigenvalue weighted by Crippen LogP contribution is 2.27. The molecule has 90 valence electrons. The van der Waals surface area contributed by atoms with Gasteiger partial charge in [-0.2, -0.15) is 0 Å². The van der Waals surface area contributed by atoms with Crippen molar-refractivity contribution in [2.75, 3.05) is 0 Å². The van der Waals surface area contributed by atoms with Crippen molar-refractivity contribution in [3.8, 4) is 0 Å². The fourth-order valence-electron chi connectivity index (χ4n) is 2.23. The molecule has 0 amide bonds. The van der Waals surface area contributed by atoms with Crippen molar-refractivity contribution in [2.45, 2.75) is 52.5 Å². The van der Waals surface area contributed by atoms with E-state index in [2.05, 4.69) is 52.0 Å². The van der Waals surface area contributed by atoms with Crippen LogP contribution in [0.4, 0.5) is 0 Å². The Bertz CT molecular complexity index is 326. The van der Waals surface area contributed by atoms with Gasteiger partial charge in [-0.25, -0.2) is 0 Å². The zero-order chi connectivity index (χ0) is 12.2. The van der Waals surface area contributed by atoms with Crippen LogP contribution in [0.1, 0.15) is 51.2 Å². The Hall–Kier alpha value is -0.820. The van der Waals surface area contributed by atoms with Crippen LogP contribution in [-0.2, 0) is 5.54 Å². The van der Waals surface area contributed by atoms with Crippen molar-refractivity contribution < 1.29 is 0 Å². The summed E-state index contributed by atoms with van der Waals surface area (Å²) in [4.78, 5) is 0. The third-order valence-electron chi connectivity index (χ3n) is 3.24. The Morgan fingerprint density at radius 1 is 1.25 bits per heavy atom. The molecule has 16 heavy (non-hydrogen) atoms. The molecule has 0 aliphatic carbocycles. The summed E-state index contributed by atoms with van der Waals surface area (Å²) >= 11 is 0. The topological polar surface area (TPSA) is 26.0 Å². The Morgan fingerprint density at radius 3 is 2.44 bits per heavy atom. The lowest BCUT2D eigenvalue weighted by Gasteiger charge is -2.27. The molecule has 2 N–H and O–H groups in total. The molecule has 0 aliphatic rings. The zero-order valence-electron chi connectivity index (χ0n) is 11.1. The number of hydrogen-bond donors (Lipinski definition) is 1. The van der Waals surface area contributed by atoms with Gasteiger partial charge in [-0.3, -0.25) is 0 Å². The van der Waals surface area contributed by atoms with Crippen molar-refractivity contribution in [2.24, 2.45) is 11.7 Å². The number of nitrogens with two attached hydrogens (primary N) is 1. The predicted molar refractivity (Wildman–Crippen MR) is 71.4 cm³/mol. The largest absolute Gasteiger partial charge is 0.322 e. The normalized spacial score (nSPS) is 15.1. The van der Waals surface area contributed by atoms with Crippen LogP contribution in [0.15, 0.2) is 24.3 Å². The maximum atomic E-state index is 6.43. The van der Waals surface area contributed by atoms with Gasteiger partial charge < -0.3 is 5.73 Å². The molecule has 0 aromatic heterocycles. The van der Waals surface area contributed by atoms with Crippen LogP contribution in [-0.4, -0.2) is 0 Å². The van der Waals surface area contributed by atoms with E-state index in [1.54, 1.807) is 0 Å². The van der Waals surface area contributed by atoms with Gasteiger partial charge in [0.15, 0.2) is 0 Å². The third kappa shape index (κ3) is 3.64. The van der Waals surface area contributed by atoms with Gasteiger partial charge in [0.1, 0.15) is 0 Å². The SMILES string of the molecule is Cc1ccccc1C(C)(N)CCCC(C)C. The maximum absolute atomic E-state index is 6.43. The minimum atomic E-state index is -0.180. The number of aryl methyl sites for hydroxylation is 1. The predicted octanol–water partition coefficient (Wildman–Crippen LogP) is 4.00. The van der Waals surface area contributed by atoms with E-state index >= 15 is 0 Å². The summed E-state index contributed by atoms with van der Waals surface area (Å²) in [5.74, 6) is 0.771. The Labute approximate surface area is 100 Å². The summed E-state index contributed by atoms with van der Waals surface area (Å²) in [6.07, 6.45) is 3.54. The molecule has 1 nitrogen and oxygen atoms in total. The molecule has 0 heterocycles. The van der Waals surface area contributed by atoms with Crippen molar-refractivity contribution in [1.29, 1.82) is 0 Å². The summed E-state index contributed by atoms with van der Waals surface area (Å²) in [6, 6.07) is 8.45. The van der Waals surface area contributed by atoms with Gasteiger partial charge >= 0.3 is 0 Å². The Balaban J connectivity index is 2.66. The fourth-order valence-corrected chi connectivity index (χ4v) is 2.23. The quantitative estimate of drug-likeness (QED) is 0.796. The average Bonchev–Trinajstić information content (AvgIpc) is 2.17. The standard InChI is InChI=1S/C15H25N/c1-12(2)8-7-11-15(4,16)14-10-6-5-9-13(14)3/h5-6,9-10,12H,7-8,11,16H2,1-4H3. The summed E-state index contributed by atoms with van der Waals surface area (Å²) in [6.45, 7) is 8.82. The molecule has 0 aliphatic heterocycles. The number of rotatable bonds is 5. The summed E-state index contributed by atoms with van der Waals surface area (Å²) in [5.41, 5.74) is 8.84. The van der Waals surface area contributed by atoms with E-state index in [4.69, 9.17) is 5.73 Å². The zero-order valence-corrected chi connectivity index (χ0v) is 11.1. The molecule has 0 fully saturated rings. The van der Waals surface area contributed by atoms with Crippen LogP contribution in [0.2, 0.25) is 0 Å². The lowest BCUT2D eigenvalue weighted by Crippen LogP contribution is -2.33. The lowest BCUT2D eigenvalue weighted by molar-refractivity contribution is 0.404. The van der Waals surface area contributed by atoms with Crippen molar-refractivity contribution >= 4 is 0 Å². The molecule has 0 bridgehead atoms. The van der Waals surface area contributed by atoms with Crippen LogP contribution in [0.3, 0.4) is 0 Å². The van der Waals surface area contributed by atoms with Gasteiger partial charge in [-0.05, 0) is 37.3 Å². The molecule has 0 saturated heterocycles. The van der Waals surface area contributed by atoms with Crippen LogP contribution >= 0.6 is 0 Å². The molecule has 1 heteroatoms. The first-order chi connectivity index (χ1) is 7.43. The second-order valence-electron chi connectivity index (χ2n) is 5.52. The third-order valence-corrected chi connectivity index (χ3v) is 3.24. The van der Waals surface area contributed by atoms with E-state index in [1.165, 1.54) is 24.0 Å². The molecular weight excluding hydrogens is 194 g/mol. The van der Waals surface area contributed by atoms with Crippen molar-refractivity contribution in [3.63, 3.8) is 0 Å². The highest BCUT2D eigenvalue weighted by Gasteiger charge is 2.22. The Kier molecular flexibility index (Phi) is 4.55. The molecule has 1 aromatic carbocycles. The molecule has 1 unspecified atom stereocenters. The second kappa shape index (κ2) is 5.49. The maximum Gasteiger partial charge on any atom is 0.0383 e. The highest BCUT2D eigenvalue weighted by molar-refractivity contribution is 5.31. The highest BCUT2D eigenvalue weighted by atomic mass is 14.7. The second-order valence-corrected chi connectivity index (χ2v) is 5.52. The van der Waals surface area contributed by atoms with Gasteiger partial charge in [-0.15, -0.1) is 0 Å². The molecule has 1 rings (SSSR count). The van der Waals surface area contributed by atoms with Gasteiger partial charge in [-0.1, -0.05) is 51.0 Å². The van der Waals surface area contributed by atoms with Gasteiger partial charge in [0, 0.05) is 5.54 Å². The summed E-state index contributed by atoms with van der Waals surface area (Å²) in [5, 5.41) is 0. The average molecular weight is 219 g/mol. The van der Waals surface area contributed by atoms with Gasteiger partial charge in [0.05, 0.1) is 0 Å². The van der Waals surface area contributed by atoms with E-state index < -0.39 is 0 Å². The minimum Gasteiger partial charge on any atom is -0.322 e. The van der Waals surface area contributed by atoms with Crippen LogP contribution in [0.25, 0.3) is 0 Å². The molecule has 1 aromatic rings. The number of hydrogen-bond acceptors (Lipinski definition) is 1. The number of benzene rings is 1. The molecule has 0 radical (unpaired) electrons. The van der Waals surface area contributed by atoms with Crippen LogP contribution in [0, 0.1) is 12.8 Å². The first kappa shape index (κ1) is 13.2.